The molecule has 0 aromatic rings. The molecule has 1 saturated heterocycles. The third-order valence-corrected chi connectivity index (χ3v) is 4.08. The van der Waals surface area contributed by atoms with Crippen molar-refractivity contribution in [3.8, 4) is 0 Å². The largest absolute Gasteiger partial charge is 0.394 e. The average molecular weight is 256 g/mol. The molecular weight excluding hydrogens is 224 g/mol. The smallest absolute Gasteiger partial charge is 0.0623 e. The molecular formula is C15H32N2O. The van der Waals surface area contributed by atoms with Crippen LogP contribution in [0.1, 0.15) is 53.4 Å². The fraction of sp³-hybridized carbons (Fsp3) is 1.00. The maximum Gasteiger partial charge on any atom is 0.0623 e. The van der Waals surface area contributed by atoms with Crippen LogP contribution in [0.25, 0.3) is 0 Å². The predicted molar refractivity (Wildman–Crippen MR) is 77.8 cm³/mol. The lowest BCUT2D eigenvalue weighted by Crippen LogP contribution is -2.56. The predicted octanol–water partition coefficient (Wildman–Crippen LogP) is 2.25. The van der Waals surface area contributed by atoms with Gasteiger partial charge in [0.1, 0.15) is 0 Å². The maximum atomic E-state index is 9.64. The van der Waals surface area contributed by atoms with Crippen LogP contribution < -0.4 is 5.32 Å². The first-order valence-corrected chi connectivity index (χ1v) is 7.60. The van der Waals surface area contributed by atoms with E-state index in [9.17, 15) is 5.11 Å². The summed E-state index contributed by atoms with van der Waals surface area (Å²) in [7, 11) is 0. The Labute approximate surface area is 113 Å². The molecule has 1 aliphatic rings. The van der Waals surface area contributed by atoms with E-state index in [1.807, 2.05) is 0 Å². The highest BCUT2D eigenvalue weighted by Crippen LogP contribution is 2.21. The number of likely N-dealkylation sites (tertiary alicyclic amines) is 1. The Kier molecular flexibility index (Phi) is 6.61. The van der Waals surface area contributed by atoms with Gasteiger partial charge in [-0.05, 0) is 45.2 Å². The standard InChI is InChI=1S/C15H32N2O/c1-5-14-7-6-9-17(10-8-14)11-15(4,12-18)16-13(2)3/h13-14,16,18H,5-12H2,1-4H3. The minimum Gasteiger partial charge on any atom is -0.394 e. The van der Waals surface area contributed by atoms with E-state index in [1.165, 1.54) is 38.8 Å². The van der Waals surface area contributed by atoms with Crippen molar-refractivity contribution in [2.24, 2.45) is 5.92 Å². The van der Waals surface area contributed by atoms with Crippen LogP contribution in [0.15, 0.2) is 0 Å². The molecule has 0 radical (unpaired) electrons. The highest BCUT2D eigenvalue weighted by Gasteiger charge is 2.28. The molecule has 0 spiro atoms. The summed E-state index contributed by atoms with van der Waals surface area (Å²) in [5.41, 5.74) is -0.166. The van der Waals surface area contributed by atoms with Crippen molar-refractivity contribution < 1.29 is 5.11 Å². The summed E-state index contributed by atoms with van der Waals surface area (Å²) in [5.74, 6) is 0.911. The molecule has 0 aliphatic carbocycles. The van der Waals surface area contributed by atoms with Gasteiger partial charge >= 0.3 is 0 Å². The Morgan fingerprint density at radius 2 is 2.06 bits per heavy atom. The number of nitrogens with one attached hydrogen (secondary N) is 1. The quantitative estimate of drug-likeness (QED) is 0.765. The molecule has 18 heavy (non-hydrogen) atoms. The number of nitrogens with zero attached hydrogens (tertiary/aromatic N) is 1. The van der Waals surface area contributed by atoms with Gasteiger partial charge in [-0.25, -0.2) is 0 Å². The lowest BCUT2D eigenvalue weighted by atomic mass is 9.98. The van der Waals surface area contributed by atoms with Gasteiger partial charge in [0.2, 0.25) is 0 Å². The van der Waals surface area contributed by atoms with Gasteiger partial charge in [-0.1, -0.05) is 27.2 Å². The van der Waals surface area contributed by atoms with Gasteiger partial charge < -0.3 is 15.3 Å². The Morgan fingerprint density at radius 3 is 2.61 bits per heavy atom. The normalized spacial score (nSPS) is 26.0. The van der Waals surface area contributed by atoms with Crippen molar-refractivity contribution in [1.82, 2.24) is 10.2 Å². The van der Waals surface area contributed by atoms with Crippen molar-refractivity contribution in [3.63, 3.8) is 0 Å². The first-order chi connectivity index (χ1) is 8.49. The Balaban J connectivity index is 2.48. The summed E-state index contributed by atoms with van der Waals surface area (Å²) in [6.07, 6.45) is 5.32. The Bertz CT molecular complexity index is 233. The third kappa shape index (κ3) is 5.25. The van der Waals surface area contributed by atoms with Crippen molar-refractivity contribution in [2.45, 2.75) is 65.0 Å². The van der Waals surface area contributed by atoms with Crippen LogP contribution in [-0.4, -0.2) is 47.8 Å². The lowest BCUT2D eigenvalue weighted by Gasteiger charge is -2.36. The highest BCUT2D eigenvalue weighted by molar-refractivity contribution is 4.88. The summed E-state index contributed by atoms with van der Waals surface area (Å²) in [5, 5.41) is 13.2. The number of aliphatic hydroxyl groups is 1. The minimum atomic E-state index is -0.166. The van der Waals surface area contributed by atoms with E-state index < -0.39 is 0 Å². The van der Waals surface area contributed by atoms with Crippen LogP contribution in [0.2, 0.25) is 0 Å². The molecule has 2 atom stereocenters. The van der Waals surface area contributed by atoms with E-state index in [0.717, 1.165) is 12.5 Å². The highest BCUT2D eigenvalue weighted by atomic mass is 16.3. The van der Waals surface area contributed by atoms with E-state index in [1.54, 1.807) is 0 Å². The van der Waals surface area contributed by atoms with Crippen LogP contribution in [0.4, 0.5) is 0 Å². The lowest BCUT2D eigenvalue weighted by molar-refractivity contribution is 0.114. The zero-order chi connectivity index (χ0) is 13.6. The topological polar surface area (TPSA) is 35.5 Å². The molecule has 0 aromatic carbocycles. The Hall–Kier alpha value is -0.120. The zero-order valence-corrected chi connectivity index (χ0v) is 12.7. The molecule has 0 saturated carbocycles. The van der Waals surface area contributed by atoms with Crippen molar-refractivity contribution in [2.75, 3.05) is 26.2 Å². The van der Waals surface area contributed by atoms with Gasteiger partial charge in [-0.2, -0.15) is 0 Å². The number of hydrogen-bond acceptors (Lipinski definition) is 3. The minimum absolute atomic E-state index is 0.166. The molecule has 2 N–H and O–H groups in total. The van der Waals surface area contributed by atoms with Crippen molar-refractivity contribution >= 4 is 0 Å². The van der Waals surface area contributed by atoms with Crippen LogP contribution in [0, 0.1) is 5.92 Å². The molecule has 3 nitrogen and oxygen atoms in total. The summed E-state index contributed by atoms with van der Waals surface area (Å²) in [6, 6.07) is 0.414. The second kappa shape index (κ2) is 7.46. The van der Waals surface area contributed by atoms with Crippen LogP contribution >= 0.6 is 0 Å². The molecule has 1 heterocycles. The maximum absolute atomic E-state index is 9.64. The zero-order valence-electron chi connectivity index (χ0n) is 12.7. The van der Waals surface area contributed by atoms with E-state index in [4.69, 9.17) is 0 Å². The summed E-state index contributed by atoms with van der Waals surface area (Å²) < 4.78 is 0. The van der Waals surface area contributed by atoms with E-state index >= 15 is 0 Å². The van der Waals surface area contributed by atoms with E-state index in [0.29, 0.717) is 6.04 Å². The van der Waals surface area contributed by atoms with E-state index in [-0.39, 0.29) is 12.1 Å². The first kappa shape index (κ1) is 15.9. The third-order valence-electron chi connectivity index (χ3n) is 4.08. The molecule has 0 aromatic heterocycles. The summed E-state index contributed by atoms with van der Waals surface area (Å²) >= 11 is 0. The molecule has 0 bridgehead atoms. The number of hydrogen-bond donors (Lipinski definition) is 2. The Morgan fingerprint density at radius 1 is 1.33 bits per heavy atom. The average Bonchev–Trinajstić information content (AvgIpc) is 2.53. The number of aliphatic hydroxyl groups excluding tert-OH is 1. The fourth-order valence-corrected chi connectivity index (χ4v) is 3.12. The van der Waals surface area contributed by atoms with E-state index in [2.05, 4.69) is 37.9 Å². The van der Waals surface area contributed by atoms with Gasteiger partial charge in [-0.3, -0.25) is 0 Å². The van der Waals surface area contributed by atoms with Gasteiger partial charge in [0, 0.05) is 12.6 Å². The van der Waals surface area contributed by atoms with Crippen LogP contribution in [-0.2, 0) is 0 Å². The van der Waals surface area contributed by atoms with Crippen molar-refractivity contribution in [1.29, 1.82) is 0 Å². The van der Waals surface area contributed by atoms with Crippen LogP contribution in [0.3, 0.4) is 0 Å². The van der Waals surface area contributed by atoms with Gasteiger partial charge in [-0.15, -0.1) is 0 Å². The SMILES string of the molecule is CCC1CCCN(CC(C)(CO)NC(C)C)CC1. The summed E-state index contributed by atoms with van der Waals surface area (Å²) in [6.45, 7) is 12.3. The van der Waals surface area contributed by atoms with Gasteiger partial charge in [0.25, 0.3) is 0 Å². The second-order valence-corrected chi connectivity index (χ2v) is 6.50. The van der Waals surface area contributed by atoms with Crippen LogP contribution in [0.5, 0.6) is 0 Å². The molecule has 1 fully saturated rings. The second-order valence-electron chi connectivity index (χ2n) is 6.50. The van der Waals surface area contributed by atoms with Gasteiger partial charge in [0.05, 0.1) is 12.1 Å². The molecule has 1 rings (SSSR count). The number of rotatable bonds is 6. The molecule has 1 aliphatic heterocycles. The molecule has 2 unspecified atom stereocenters. The van der Waals surface area contributed by atoms with Crippen molar-refractivity contribution in [3.05, 3.63) is 0 Å². The van der Waals surface area contributed by atoms with Gasteiger partial charge in [0.15, 0.2) is 0 Å². The molecule has 3 heteroatoms. The molecule has 108 valence electrons. The first-order valence-electron chi connectivity index (χ1n) is 7.60. The molecule has 0 amide bonds. The fourth-order valence-electron chi connectivity index (χ4n) is 3.12. The monoisotopic (exact) mass is 256 g/mol. The summed E-state index contributed by atoms with van der Waals surface area (Å²) in [4.78, 5) is 2.53.